The maximum absolute atomic E-state index is 13.2. The molecule has 0 N–H and O–H groups in total. The van der Waals surface area contributed by atoms with E-state index in [0.29, 0.717) is 13.1 Å². The molecular weight excluding hydrogens is 320 g/mol. The molecule has 1 saturated heterocycles. The Balaban J connectivity index is 1.92. The summed E-state index contributed by atoms with van der Waals surface area (Å²) < 4.78 is 13.2. The third-order valence-corrected chi connectivity index (χ3v) is 6.00. The second kappa shape index (κ2) is 7.18. The number of nitrogens with zero attached hydrogens (tertiary/aromatic N) is 2. The number of rotatable bonds is 4. The minimum Gasteiger partial charge on any atom is -0.367 e. The number of carbonyl (C=O) groups excluding carboxylic acids is 1. The lowest BCUT2D eigenvalue weighted by Gasteiger charge is -2.35. The van der Waals surface area contributed by atoms with Crippen molar-refractivity contribution >= 4 is 22.9 Å². The van der Waals surface area contributed by atoms with E-state index in [0.717, 1.165) is 40.5 Å². The largest absolute Gasteiger partial charge is 0.367 e. The van der Waals surface area contributed by atoms with Crippen molar-refractivity contribution in [2.24, 2.45) is 0 Å². The second-order valence-electron chi connectivity index (χ2n) is 6.13. The van der Waals surface area contributed by atoms with Crippen LogP contribution in [0.2, 0.25) is 0 Å². The lowest BCUT2D eigenvalue weighted by molar-refractivity contribution is -0.118. The first kappa shape index (κ1) is 16.7. The highest BCUT2D eigenvalue weighted by molar-refractivity contribution is 7.85. The predicted octanol–water partition coefficient (Wildman–Crippen LogP) is 2.75. The number of aryl methyl sites for hydroxylation is 2. The van der Waals surface area contributed by atoms with Crippen LogP contribution in [0.3, 0.4) is 0 Å². The molecular formula is C19H22N2O2S. The smallest absolute Gasteiger partial charge is 0.209 e. The van der Waals surface area contributed by atoms with Gasteiger partial charge in [-0.2, -0.15) is 0 Å². The summed E-state index contributed by atoms with van der Waals surface area (Å²) in [6.07, 6.45) is 0.900. The summed E-state index contributed by atoms with van der Waals surface area (Å²) in [5.41, 5.74) is 3.22. The average Bonchev–Trinajstić information content (AvgIpc) is 2.61. The van der Waals surface area contributed by atoms with Crippen LogP contribution in [0.1, 0.15) is 11.1 Å². The van der Waals surface area contributed by atoms with Crippen molar-refractivity contribution in [1.29, 1.82) is 0 Å². The molecule has 1 atom stereocenters. The Labute approximate surface area is 145 Å². The zero-order valence-electron chi connectivity index (χ0n) is 14.1. The summed E-state index contributed by atoms with van der Waals surface area (Å²) in [7, 11) is -1.22. The van der Waals surface area contributed by atoms with E-state index in [1.165, 1.54) is 5.56 Å². The summed E-state index contributed by atoms with van der Waals surface area (Å²) in [4.78, 5) is 16.6. The van der Waals surface area contributed by atoms with Crippen LogP contribution in [0, 0.1) is 13.8 Å². The molecule has 5 heteroatoms. The van der Waals surface area contributed by atoms with Crippen LogP contribution in [0.15, 0.2) is 52.3 Å². The highest BCUT2D eigenvalue weighted by Gasteiger charge is 2.21. The van der Waals surface area contributed by atoms with Gasteiger partial charge in [0.05, 0.1) is 21.4 Å². The summed E-state index contributed by atoms with van der Waals surface area (Å²) in [6, 6.07) is 13.9. The number of benzene rings is 2. The minimum atomic E-state index is -1.22. The Morgan fingerprint density at radius 1 is 0.958 bits per heavy atom. The van der Waals surface area contributed by atoms with E-state index in [9.17, 15) is 9.00 Å². The molecule has 0 aliphatic carbocycles. The van der Waals surface area contributed by atoms with Crippen LogP contribution >= 0.6 is 0 Å². The Kier molecular flexibility index (Phi) is 5.00. The molecule has 126 valence electrons. The highest BCUT2D eigenvalue weighted by atomic mass is 32.2. The van der Waals surface area contributed by atoms with Crippen molar-refractivity contribution in [3.63, 3.8) is 0 Å². The molecule has 1 unspecified atom stereocenters. The molecule has 4 nitrogen and oxygen atoms in total. The molecule has 0 bridgehead atoms. The van der Waals surface area contributed by atoms with Gasteiger partial charge in [0, 0.05) is 31.1 Å². The Morgan fingerprint density at radius 2 is 1.67 bits per heavy atom. The van der Waals surface area contributed by atoms with Gasteiger partial charge >= 0.3 is 0 Å². The number of para-hydroxylation sites is 1. The van der Waals surface area contributed by atoms with Crippen molar-refractivity contribution in [2.75, 3.05) is 31.1 Å². The van der Waals surface area contributed by atoms with Gasteiger partial charge < -0.3 is 9.80 Å². The normalized spacial score (nSPS) is 16.1. The van der Waals surface area contributed by atoms with Crippen molar-refractivity contribution in [3.8, 4) is 0 Å². The van der Waals surface area contributed by atoms with Crippen LogP contribution in [0.4, 0.5) is 5.69 Å². The molecule has 2 aromatic rings. The van der Waals surface area contributed by atoms with E-state index in [1.54, 1.807) is 4.90 Å². The Hall–Kier alpha value is -2.14. The summed E-state index contributed by atoms with van der Waals surface area (Å²) in [5.74, 6) is 0. The van der Waals surface area contributed by atoms with Gasteiger partial charge in [-0.25, -0.2) is 4.21 Å². The third kappa shape index (κ3) is 3.36. The van der Waals surface area contributed by atoms with E-state index in [1.807, 2.05) is 50.2 Å². The maximum atomic E-state index is 13.2. The quantitative estimate of drug-likeness (QED) is 0.802. The van der Waals surface area contributed by atoms with Crippen LogP contribution in [0.5, 0.6) is 0 Å². The first-order valence-corrected chi connectivity index (χ1v) is 9.27. The zero-order valence-corrected chi connectivity index (χ0v) is 14.9. The number of amides is 1. The number of piperazine rings is 1. The first-order valence-electron chi connectivity index (χ1n) is 8.12. The number of anilines is 1. The molecule has 1 aliphatic heterocycles. The van der Waals surface area contributed by atoms with E-state index in [4.69, 9.17) is 0 Å². The third-order valence-electron chi connectivity index (χ3n) is 4.40. The van der Waals surface area contributed by atoms with Gasteiger partial charge in [-0.05, 0) is 37.6 Å². The summed E-state index contributed by atoms with van der Waals surface area (Å²) in [5, 5.41) is 0. The van der Waals surface area contributed by atoms with Gasteiger partial charge in [0.25, 0.3) is 0 Å². The number of hydrogen-bond acceptors (Lipinski definition) is 3. The van der Waals surface area contributed by atoms with Crippen LogP contribution in [-0.4, -0.2) is 41.7 Å². The van der Waals surface area contributed by atoms with Gasteiger partial charge in [0.15, 0.2) is 0 Å². The molecule has 24 heavy (non-hydrogen) atoms. The fourth-order valence-electron chi connectivity index (χ4n) is 3.07. The molecule has 3 rings (SSSR count). The van der Waals surface area contributed by atoms with E-state index in [-0.39, 0.29) is 0 Å². The van der Waals surface area contributed by atoms with Crippen LogP contribution < -0.4 is 4.90 Å². The molecule has 0 saturated carbocycles. The fraction of sp³-hybridized carbons (Fsp3) is 0.316. The fourth-order valence-corrected chi connectivity index (χ4v) is 4.44. The Bertz CT molecular complexity index is 768. The van der Waals surface area contributed by atoms with E-state index in [2.05, 4.69) is 11.0 Å². The van der Waals surface area contributed by atoms with E-state index < -0.39 is 10.8 Å². The van der Waals surface area contributed by atoms with E-state index >= 15 is 0 Å². The predicted molar refractivity (Wildman–Crippen MR) is 96.9 cm³/mol. The monoisotopic (exact) mass is 342 g/mol. The molecule has 2 aromatic carbocycles. The summed E-state index contributed by atoms with van der Waals surface area (Å²) >= 11 is 0. The van der Waals surface area contributed by atoms with Crippen LogP contribution in [0.25, 0.3) is 0 Å². The van der Waals surface area contributed by atoms with Gasteiger partial charge in [-0.3, -0.25) is 4.79 Å². The Morgan fingerprint density at radius 3 is 2.33 bits per heavy atom. The van der Waals surface area contributed by atoms with Crippen molar-refractivity contribution in [3.05, 3.63) is 53.6 Å². The molecule has 1 fully saturated rings. The van der Waals surface area contributed by atoms with Gasteiger partial charge in [0.2, 0.25) is 6.41 Å². The van der Waals surface area contributed by atoms with Crippen molar-refractivity contribution < 1.29 is 9.00 Å². The van der Waals surface area contributed by atoms with Crippen molar-refractivity contribution in [1.82, 2.24) is 4.90 Å². The van der Waals surface area contributed by atoms with Gasteiger partial charge in [-0.1, -0.05) is 29.8 Å². The maximum Gasteiger partial charge on any atom is 0.209 e. The molecule has 1 heterocycles. The van der Waals surface area contributed by atoms with Gasteiger partial charge in [0.1, 0.15) is 0 Å². The molecule has 1 aliphatic rings. The standard InChI is InChI=1S/C19H22N2O2S/c1-15-7-8-18(16(2)13-15)24(23)19-6-4-3-5-17(19)21-11-9-20(14-22)10-12-21/h3-8,13-14H,9-12H2,1-2H3. The summed E-state index contributed by atoms with van der Waals surface area (Å²) in [6.45, 7) is 6.98. The molecule has 1 amide bonds. The highest BCUT2D eigenvalue weighted by Crippen LogP contribution is 2.29. The molecule has 0 spiro atoms. The minimum absolute atomic E-state index is 0.702. The average molecular weight is 342 g/mol. The second-order valence-corrected chi connectivity index (χ2v) is 7.55. The zero-order chi connectivity index (χ0) is 17.1. The molecule has 0 radical (unpaired) electrons. The molecule has 0 aromatic heterocycles. The van der Waals surface area contributed by atoms with Gasteiger partial charge in [-0.15, -0.1) is 0 Å². The topological polar surface area (TPSA) is 40.6 Å². The first-order chi connectivity index (χ1) is 11.6. The van der Waals surface area contributed by atoms with Crippen molar-refractivity contribution in [2.45, 2.75) is 23.6 Å². The lowest BCUT2D eigenvalue weighted by atomic mass is 10.2. The number of hydrogen-bond donors (Lipinski definition) is 0. The number of carbonyl (C=O) groups is 1. The van der Waals surface area contributed by atoms with Crippen LogP contribution in [-0.2, 0) is 15.6 Å². The SMILES string of the molecule is Cc1ccc(S(=O)c2ccccc2N2CCN(C=O)CC2)c(C)c1. The lowest BCUT2D eigenvalue weighted by Crippen LogP contribution is -2.46.